The number of esters is 1. The Morgan fingerprint density at radius 1 is 1.21 bits per heavy atom. The summed E-state index contributed by atoms with van der Waals surface area (Å²) >= 11 is 1.52. The average Bonchev–Trinajstić information content (AvgIpc) is 3.19. The van der Waals surface area contributed by atoms with Gasteiger partial charge in [0.15, 0.2) is 0 Å². The minimum Gasteiger partial charge on any atom is -0.480 e. The van der Waals surface area contributed by atoms with Gasteiger partial charge >= 0.3 is 17.6 Å². The lowest BCUT2D eigenvalue weighted by molar-refractivity contribution is -0.385. The molecule has 1 fully saturated rings. The largest absolute Gasteiger partial charge is 0.480 e. The van der Waals surface area contributed by atoms with Gasteiger partial charge in [0.1, 0.15) is 11.8 Å². The summed E-state index contributed by atoms with van der Waals surface area (Å²) < 4.78 is 10.3. The molecule has 1 aromatic heterocycles. The first kappa shape index (κ1) is 22.5. The maximum absolute atomic E-state index is 11.7. The first-order valence-electron chi connectivity index (χ1n) is 9.80. The minimum absolute atomic E-state index is 0.0136. The Labute approximate surface area is 192 Å². The number of hydrogen-bond acceptors (Lipinski definition) is 9. The number of methoxy groups -OCH3 is 1. The van der Waals surface area contributed by atoms with Gasteiger partial charge in [-0.2, -0.15) is 0 Å². The van der Waals surface area contributed by atoms with Crippen LogP contribution in [0.5, 0.6) is 11.5 Å². The van der Waals surface area contributed by atoms with Crippen molar-refractivity contribution >= 4 is 40.3 Å². The van der Waals surface area contributed by atoms with Crippen LogP contribution in [-0.4, -0.2) is 57.8 Å². The molecule has 2 unspecified atom stereocenters. The molecule has 0 spiro atoms. The fourth-order valence-corrected chi connectivity index (χ4v) is 4.99. The van der Waals surface area contributed by atoms with Gasteiger partial charge < -0.3 is 14.6 Å². The van der Waals surface area contributed by atoms with Crippen LogP contribution in [-0.2, 0) is 9.53 Å². The lowest BCUT2D eigenvalue weighted by Crippen LogP contribution is -2.35. The highest BCUT2D eigenvalue weighted by Crippen LogP contribution is 2.40. The number of carboxylic acid groups (broad SMARTS) is 1. The number of benzene rings is 2. The molecule has 11 heteroatoms. The summed E-state index contributed by atoms with van der Waals surface area (Å²) in [6.07, 6.45) is 0. The first-order valence-corrected chi connectivity index (χ1v) is 10.8. The third-order valence-electron chi connectivity index (χ3n) is 5.30. The molecule has 2 heterocycles. The number of aromatic nitrogens is 1. The third kappa shape index (κ3) is 4.45. The second-order valence-corrected chi connectivity index (χ2v) is 8.44. The SMILES string of the molecule is COC(=O)c1ccc(Oc2ccc3nc(C4SCC(C(=O)O)N4C)ccc3c2)c([N+](=O)[O-])c1. The predicted octanol–water partition coefficient (Wildman–Crippen LogP) is 3.85. The Morgan fingerprint density at radius 2 is 2.00 bits per heavy atom. The Kier molecular flexibility index (Phi) is 6.16. The average molecular weight is 469 g/mol. The number of nitro benzene ring substituents is 1. The molecule has 0 bridgehead atoms. The molecule has 33 heavy (non-hydrogen) atoms. The number of aliphatic carboxylic acids is 1. The van der Waals surface area contributed by atoms with Gasteiger partial charge in [-0.25, -0.2) is 4.79 Å². The number of thioether (sulfide) groups is 1. The van der Waals surface area contributed by atoms with Crippen LogP contribution in [0.1, 0.15) is 21.4 Å². The molecular weight excluding hydrogens is 450 g/mol. The van der Waals surface area contributed by atoms with E-state index in [1.807, 2.05) is 12.1 Å². The van der Waals surface area contributed by atoms with Gasteiger partial charge in [0, 0.05) is 17.2 Å². The molecule has 1 aliphatic heterocycles. The van der Waals surface area contributed by atoms with E-state index in [2.05, 4.69) is 9.72 Å². The Hall–Kier alpha value is -3.70. The highest BCUT2D eigenvalue weighted by Gasteiger charge is 2.37. The number of nitrogens with zero attached hydrogens (tertiary/aromatic N) is 3. The van der Waals surface area contributed by atoms with Crippen molar-refractivity contribution < 1.29 is 29.1 Å². The fourth-order valence-electron chi connectivity index (χ4n) is 3.56. The second kappa shape index (κ2) is 9.04. The van der Waals surface area contributed by atoms with Crippen LogP contribution in [0.25, 0.3) is 10.9 Å². The molecule has 0 radical (unpaired) electrons. The smallest absolute Gasteiger partial charge is 0.338 e. The van der Waals surface area contributed by atoms with Crippen LogP contribution in [0.2, 0.25) is 0 Å². The summed E-state index contributed by atoms with van der Waals surface area (Å²) in [5, 5.41) is 21.4. The van der Waals surface area contributed by atoms with E-state index in [-0.39, 0.29) is 22.4 Å². The lowest BCUT2D eigenvalue weighted by Gasteiger charge is -2.21. The Balaban J connectivity index is 1.60. The van der Waals surface area contributed by atoms with Gasteiger partial charge in [-0.05, 0) is 43.4 Å². The van der Waals surface area contributed by atoms with Crippen LogP contribution in [0.15, 0.2) is 48.5 Å². The normalized spacial score (nSPS) is 18.2. The molecule has 1 saturated heterocycles. The van der Waals surface area contributed by atoms with Gasteiger partial charge in [-0.1, -0.05) is 6.07 Å². The van der Waals surface area contributed by atoms with Crippen molar-refractivity contribution in [2.24, 2.45) is 0 Å². The molecule has 4 rings (SSSR count). The minimum atomic E-state index is -0.858. The fraction of sp³-hybridized carbons (Fsp3) is 0.227. The van der Waals surface area contributed by atoms with Gasteiger partial charge in [-0.15, -0.1) is 11.8 Å². The number of pyridine rings is 1. The van der Waals surface area contributed by atoms with Crippen molar-refractivity contribution in [1.82, 2.24) is 9.88 Å². The monoisotopic (exact) mass is 469 g/mol. The summed E-state index contributed by atoms with van der Waals surface area (Å²) in [7, 11) is 2.96. The zero-order chi connectivity index (χ0) is 23.7. The van der Waals surface area contributed by atoms with E-state index in [1.165, 1.54) is 31.0 Å². The van der Waals surface area contributed by atoms with Crippen LogP contribution in [0.4, 0.5) is 5.69 Å². The van der Waals surface area contributed by atoms with Crippen molar-refractivity contribution in [3.05, 3.63) is 69.9 Å². The third-order valence-corrected chi connectivity index (χ3v) is 6.70. The molecule has 1 aliphatic rings. The number of nitro groups is 1. The van der Waals surface area contributed by atoms with E-state index >= 15 is 0 Å². The lowest BCUT2D eigenvalue weighted by atomic mass is 10.1. The number of rotatable bonds is 6. The Bertz CT molecular complexity index is 1270. The van der Waals surface area contributed by atoms with Crippen molar-refractivity contribution in [2.45, 2.75) is 11.4 Å². The molecule has 0 saturated carbocycles. The number of carbonyl (C=O) groups is 2. The summed E-state index contributed by atoms with van der Waals surface area (Å²) in [6.45, 7) is 0. The zero-order valence-electron chi connectivity index (χ0n) is 17.6. The number of likely N-dealkylation sites (N-methyl/N-ethyl adjacent to an activating group) is 1. The summed E-state index contributed by atoms with van der Waals surface area (Å²) in [5.74, 6) is -0.706. The van der Waals surface area contributed by atoms with Crippen molar-refractivity contribution in [1.29, 1.82) is 0 Å². The molecular formula is C22H19N3O7S. The standard InChI is InChI=1S/C22H19N3O7S/c1-24-18(21(26)27)11-33-20(24)16-6-3-12-9-14(5-7-15(12)23-16)32-19-8-4-13(22(28)31-2)10-17(19)25(29)30/h3-10,18,20H,11H2,1-2H3,(H,26,27). The number of fused-ring (bicyclic) bond motifs is 1. The van der Waals surface area contributed by atoms with Crippen LogP contribution in [0, 0.1) is 10.1 Å². The molecule has 170 valence electrons. The van der Waals surface area contributed by atoms with Crippen LogP contribution in [0.3, 0.4) is 0 Å². The van der Waals surface area contributed by atoms with Gasteiger partial charge in [-0.3, -0.25) is 24.8 Å². The molecule has 2 aromatic carbocycles. The molecule has 0 aliphatic carbocycles. The summed E-state index contributed by atoms with van der Waals surface area (Å²) in [6, 6.07) is 12.0. The van der Waals surface area contributed by atoms with Crippen molar-refractivity contribution in [3.63, 3.8) is 0 Å². The van der Waals surface area contributed by atoms with E-state index in [0.717, 1.165) is 17.1 Å². The molecule has 10 nitrogen and oxygen atoms in total. The molecule has 1 N–H and O–H groups in total. The van der Waals surface area contributed by atoms with Crippen LogP contribution >= 0.6 is 11.8 Å². The first-order chi connectivity index (χ1) is 15.8. The maximum atomic E-state index is 11.7. The van der Waals surface area contributed by atoms with E-state index in [1.54, 1.807) is 30.1 Å². The quantitative estimate of drug-likeness (QED) is 0.322. The van der Waals surface area contributed by atoms with Crippen LogP contribution < -0.4 is 4.74 Å². The number of ether oxygens (including phenoxy) is 2. The zero-order valence-corrected chi connectivity index (χ0v) is 18.4. The van der Waals surface area contributed by atoms with E-state index < -0.39 is 22.9 Å². The highest BCUT2D eigenvalue weighted by atomic mass is 32.2. The highest BCUT2D eigenvalue weighted by molar-refractivity contribution is 7.99. The number of carboxylic acids is 1. The molecule has 3 aromatic rings. The number of hydrogen-bond donors (Lipinski definition) is 1. The predicted molar refractivity (Wildman–Crippen MR) is 121 cm³/mol. The summed E-state index contributed by atoms with van der Waals surface area (Å²) in [4.78, 5) is 40.3. The number of carbonyl (C=O) groups excluding carboxylic acids is 1. The maximum Gasteiger partial charge on any atom is 0.338 e. The van der Waals surface area contributed by atoms with E-state index in [4.69, 9.17) is 4.74 Å². The van der Waals surface area contributed by atoms with Crippen molar-refractivity contribution in [3.8, 4) is 11.5 Å². The second-order valence-electron chi connectivity index (χ2n) is 7.33. The van der Waals surface area contributed by atoms with Gasteiger partial charge in [0.2, 0.25) is 5.75 Å². The Morgan fingerprint density at radius 3 is 2.67 bits per heavy atom. The van der Waals surface area contributed by atoms with Crippen molar-refractivity contribution in [2.75, 3.05) is 19.9 Å². The summed E-state index contributed by atoms with van der Waals surface area (Å²) in [5.41, 5.74) is 1.12. The van der Waals surface area contributed by atoms with E-state index in [0.29, 0.717) is 17.0 Å². The molecule has 2 atom stereocenters. The molecule has 0 amide bonds. The van der Waals surface area contributed by atoms with Gasteiger partial charge in [0.05, 0.1) is 34.2 Å². The van der Waals surface area contributed by atoms with E-state index in [9.17, 15) is 24.8 Å². The van der Waals surface area contributed by atoms with Gasteiger partial charge in [0.25, 0.3) is 0 Å². The topological polar surface area (TPSA) is 132 Å².